The number of hydrogen-bond donors (Lipinski definition) is 2. The lowest BCUT2D eigenvalue weighted by Gasteiger charge is -2.03. The van der Waals surface area contributed by atoms with Crippen molar-refractivity contribution in [2.75, 3.05) is 5.32 Å². The van der Waals surface area contributed by atoms with Gasteiger partial charge in [0.1, 0.15) is 5.75 Å². The predicted octanol–water partition coefficient (Wildman–Crippen LogP) is 1.69. The molecule has 2 aromatic rings. The fourth-order valence-corrected chi connectivity index (χ4v) is 1.47. The number of hydrogen-bond acceptors (Lipinski definition) is 3. The Bertz CT molecular complexity index is 541. The molecule has 0 aliphatic heterocycles. The summed E-state index contributed by atoms with van der Waals surface area (Å²) in [6.45, 7) is 1.89. The highest BCUT2D eigenvalue weighted by molar-refractivity contribution is 6.05. The number of carbonyl (C=O) groups excluding carboxylic acids is 1. The van der Waals surface area contributed by atoms with Gasteiger partial charge in [-0.2, -0.15) is 5.10 Å². The molecule has 0 unspecified atom stereocenters. The molecule has 0 atom stereocenters. The highest BCUT2D eigenvalue weighted by Gasteiger charge is 2.12. The lowest BCUT2D eigenvalue weighted by Crippen LogP contribution is -2.12. The molecule has 0 bridgehead atoms. The van der Waals surface area contributed by atoms with E-state index in [4.69, 9.17) is 0 Å². The number of aromatic hydroxyl groups is 1. The number of benzene rings is 1. The highest BCUT2D eigenvalue weighted by Crippen LogP contribution is 2.17. The van der Waals surface area contributed by atoms with E-state index in [9.17, 15) is 9.90 Å². The third kappa shape index (κ3) is 2.28. The lowest BCUT2D eigenvalue weighted by atomic mass is 10.2. The number of phenolic OH excluding ortho intramolecular Hbond substituents is 1. The number of aryl methyl sites for hydroxylation is 2. The van der Waals surface area contributed by atoms with Gasteiger partial charge in [-0.25, -0.2) is 0 Å². The monoisotopic (exact) mass is 231 g/mol. The molecule has 1 amide bonds. The smallest absolute Gasteiger partial charge is 0.260 e. The van der Waals surface area contributed by atoms with Gasteiger partial charge in [-0.05, 0) is 19.1 Å². The Balaban J connectivity index is 2.20. The molecule has 0 radical (unpaired) electrons. The minimum atomic E-state index is -0.374. The van der Waals surface area contributed by atoms with E-state index in [-0.39, 0.29) is 17.2 Å². The van der Waals surface area contributed by atoms with Crippen LogP contribution in [0.3, 0.4) is 0 Å². The molecule has 1 aromatic carbocycles. The minimum Gasteiger partial charge on any atom is -0.507 e. The van der Waals surface area contributed by atoms with E-state index in [1.165, 1.54) is 6.07 Å². The maximum absolute atomic E-state index is 11.8. The van der Waals surface area contributed by atoms with Crippen LogP contribution in [-0.4, -0.2) is 20.8 Å². The normalized spacial score (nSPS) is 10.2. The van der Waals surface area contributed by atoms with Crippen molar-refractivity contribution in [3.8, 4) is 5.75 Å². The number of nitrogens with zero attached hydrogens (tertiary/aromatic N) is 2. The van der Waals surface area contributed by atoms with Crippen molar-refractivity contribution in [1.29, 1.82) is 0 Å². The summed E-state index contributed by atoms with van der Waals surface area (Å²) in [5.74, 6) is 0.0529. The van der Waals surface area contributed by atoms with Crippen molar-refractivity contribution in [3.63, 3.8) is 0 Å². The first-order chi connectivity index (χ1) is 8.08. The van der Waals surface area contributed by atoms with Crippen molar-refractivity contribution in [1.82, 2.24) is 9.78 Å². The molecule has 17 heavy (non-hydrogen) atoms. The summed E-state index contributed by atoms with van der Waals surface area (Å²) in [7, 11) is 1.80. The number of amides is 1. The summed E-state index contributed by atoms with van der Waals surface area (Å²) in [6, 6.07) is 8.15. The molecule has 2 rings (SSSR count). The van der Waals surface area contributed by atoms with Gasteiger partial charge in [0.05, 0.1) is 5.56 Å². The third-order valence-corrected chi connectivity index (χ3v) is 2.50. The van der Waals surface area contributed by atoms with Crippen LogP contribution in [0.4, 0.5) is 5.82 Å². The predicted molar refractivity (Wildman–Crippen MR) is 64.0 cm³/mol. The average molecular weight is 231 g/mol. The summed E-state index contributed by atoms with van der Waals surface area (Å²) < 4.78 is 1.67. The van der Waals surface area contributed by atoms with Crippen LogP contribution in [0.1, 0.15) is 16.1 Å². The second-order valence-electron chi connectivity index (χ2n) is 3.77. The average Bonchev–Trinajstić information content (AvgIpc) is 2.58. The van der Waals surface area contributed by atoms with Crippen LogP contribution in [0.25, 0.3) is 0 Å². The van der Waals surface area contributed by atoms with Gasteiger partial charge in [-0.3, -0.25) is 9.48 Å². The number of anilines is 1. The Morgan fingerprint density at radius 2 is 2.12 bits per heavy atom. The minimum absolute atomic E-state index is 0.0438. The van der Waals surface area contributed by atoms with Crippen LogP contribution in [-0.2, 0) is 7.05 Å². The van der Waals surface area contributed by atoms with Crippen molar-refractivity contribution in [3.05, 3.63) is 41.6 Å². The fourth-order valence-electron chi connectivity index (χ4n) is 1.47. The number of nitrogens with one attached hydrogen (secondary N) is 1. The Morgan fingerprint density at radius 1 is 1.41 bits per heavy atom. The van der Waals surface area contributed by atoms with E-state index < -0.39 is 0 Å². The molecule has 0 aliphatic carbocycles. The van der Waals surface area contributed by atoms with Gasteiger partial charge >= 0.3 is 0 Å². The fraction of sp³-hybridized carbons (Fsp3) is 0.167. The number of carbonyl (C=O) groups is 1. The molecule has 2 N–H and O–H groups in total. The zero-order valence-corrected chi connectivity index (χ0v) is 9.64. The van der Waals surface area contributed by atoms with Gasteiger partial charge in [0.15, 0.2) is 5.82 Å². The molecular formula is C12H13N3O2. The molecular weight excluding hydrogens is 218 g/mol. The molecule has 5 nitrogen and oxygen atoms in total. The number of aromatic nitrogens is 2. The lowest BCUT2D eigenvalue weighted by molar-refractivity contribution is 0.102. The largest absolute Gasteiger partial charge is 0.507 e. The summed E-state index contributed by atoms with van der Waals surface area (Å²) in [4.78, 5) is 11.8. The molecule has 0 spiro atoms. The first-order valence-corrected chi connectivity index (χ1v) is 5.18. The van der Waals surface area contributed by atoms with Crippen molar-refractivity contribution in [2.45, 2.75) is 6.92 Å². The second-order valence-corrected chi connectivity index (χ2v) is 3.77. The van der Waals surface area contributed by atoms with Gasteiger partial charge in [-0.15, -0.1) is 0 Å². The zero-order chi connectivity index (χ0) is 12.4. The van der Waals surface area contributed by atoms with Crippen molar-refractivity contribution < 1.29 is 9.90 Å². The first-order valence-electron chi connectivity index (χ1n) is 5.18. The van der Waals surface area contributed by atoms with E-state index in [1.54, 1.807) is 36.0 Å². The molecule has 5 heteroatoms. The maximum Gasteiger partial charge on any atom is 0.260 e. The van der Waals surface area contributed by atoms with E-state index in [2.05, 4.69) is 10.4 Å². The van der Waals surface area contributed by atoms with E-state index >= 15 is 0 Å². The molecule has 88 valence electrons. The Morgan fingerprint density at radius 3 is 2.71 bits per heavy atom. The van der Waals surface area contributed by atoms with Crippen LogP contribution in [0.2, 0.25) is 0 Å². The van der Waals surface area contributed by atoms with Gasteiger partial charge in [0.2, 0.25) is 0 Å². The zero-order valence-electron chi connectivity index (χ0n) is 9.64. The van der Waals surface area contributed by atoms with Crippen molar-refractivity contribution in [2.24, 2.45) is 7.05 Å². The van der Waals surface area contributed by atoms with Crippen molar-refractivity contribution >= 4 is 11.7 Å². The molecule has 0 saturated heterocycles. The first kappa shape index (κ1) is 11.2. The highest BCUT2D eigenvalue weighted by atomic mass is 16.3. The molecule has 0 fully saturated rings. The molecule has 1 heterocycles. The maximum atomic E-state index is 11.8. The Labute approximate surface area is 98.7 Å². The van der Waals surface area contributed by atoms with Crippen LogP contribution < -0.4 is 5.32 Å². The summed E-state index contributed by atoms with van der Waals surface area (Å²) in [6.07, 6.45) is 0. The Kier molecular flexibility index (Phi) is 2.82. The van der Waals surface area contributed by atoms with Gasteiger partial charge in [0, 0.05) is 18.8 Å². The standard InChI is InChI=1S/C12H13N3O2/c1-8-7-11(14-15(8)2)13-12(17)9-5-3-4-6-10(9)16/h3-7,16H,1-2H3,(H,13,14,17). The van der Waals surface area contributed by atoms with E-state index in [0.29, 0.717) is 5.82 Å². The Hall–Kier alpha value is -2.30. The van der Waals surface area contributed by atoms with Crippen LogP contribution in [0.15, 0.2) is 30.3 Å². The molecule has 0 saturated carbocycles. The summed E-state index contributed by atoms with van der Waals surface area (Å²) in [5, 5.41) is 16.3. The summed E-state index contributed by atoms with van der Waals surface area (Å²) >= 11 is 0. The second kappa shape index (κ2) is 4.29. The molecule has 1 aromatic heterocycles. The van der Waals surface area contributed by atoms with Crippen LogP contribution >= 0.6 is 0 Å². The SMILES string of the molecule is Cc1cc(NC(=O)c2ccccc2O)nn1C. The van der Waals surface area contributed by atoms with Crippen LogP contribution in [0.5, 0.6) is 5.75 Å². The van der Waals surface area contributed by atoms with Gasteiger partial charge in [-0.1, -0.05) is 12.1 Å². The topological polar surface area (TPSA) is 67.2 Å². The number of para-hydroxylation sites is 1. The summed E-state index contributed by atoms with van der Waals surface area (Å²) in [5.41, 5.74) is 1.17. The number of rotatable bonds is 2. The van der Waals surface area contributed by atoms with Gasteiger partial charge in [0.25, 0.3) is 5.91 Å². The van der Waals surface area contributed by atoms with E-state index in [0.717, 1.165) is 5.69 Å². The quantitative estimate of drug-likeness (QED) is 0.826. The van der Waals surface area contributed by atoms with E-state index in [1.807, 2.05) is 6.92 Å². The van der Waals surface area contributed by atoms with Gasteiger partial charge < -0.3 is 10.4 Å². The van der Waals surface area contributed by atoms with Crippen LogP contribution in [0, 0.1) is 6.92 Å². The third-order valence-electron chi connectivity index (χ3n) is 2.50. The number of phenols is 1. The molecule has 0 aliphatic rings.